The second-order valence-corrected chi connectivity index (χ2v) is 28.9. The number of nitriles is 4. The van der Waals surface area contributed by atoms with Crippen LogP contribution >= 0.6 is 47.0 Å². The molecule has 0 amide bonds. The molecule has 1 unspecified atom stereocenters. The monoisotopic (exact) mass is 1160 g/mol. The van der Waals surface area contributed by atoms with Gasteiger partial charge >= 0.3 is 11.9 Å². The zero-order valence-corrected chi connectivity index (χ0v) is 49.5. The van der Waals surface area contributed by atoms with Crippen molar-refractivity contribution in [3.05, 3.63) is 91.4 Å². The second-order valence-electron chi connectivity index (χ2n) is 24.3. The fraction of sp³-hybridized carbons (Fsp3) is 0.576. The van der Waals surface area contributed by atoms with Gasteiger partial charge in [-0.05, 0) is 207 Å². The molecule has 2 aliphatic heterocycles. The average Bonchev–Trinajstić information content (AvgIpc) is 4.21. The highest BCUT2D eigenvalue weighted by molar-refractivity contribution is 8.26. The third-order valence-electron chi connectivity index (χ3n) is 19.7. The summed E-state index contributed by atoms with van der Waals surface area (Å²) in [4.78, 5) is 29.8. The van der Waals surface area contributed by atoms with Crippen molar-refractivity contribution >= 4 is 59.0 Å². The number of carbonyl (C=O) groups is 2. The summed E-state index contributed by atoms with van der Waals surface area (Å²) < 4.78 is 26.6. The summed E-state index contributed by atoms with van der Waals surface area (Å²) in [5.41, 5.74) is 2.76. The zero-order valence-electron chi connectivity index (χ0n) is 46.3. The molecule has 0 radical (unpaired) electrons. The molecule has 3 aromatic carbocycles. The molecule has 0 bridgehead atoms. The Morgan fingerprint density at radius 2 is 0.877 bits per heavy atom. The van der Waals surface area contributed by atoms with Gasteiger partial charge in [-0.25, -0.2) is 0 Å². The number of aliphatic hydroxyl groups excluding tert-OH is 1. The lowest BCUT2D eigenvalue weighted by Crippen LogP contribution is -2.35. The van der Waals surface area contributed by atoms with E-state index in [1.165, 1.54) is 88.2 Å². The van der Waals surface area contributed by atoms with Crippen LogP contribution in [0.1, 0.15) is 177 Å². The molecule has 11 nitrogen and oxygen atoms in total. The number of benzene rings is 3. The van der Waals surface area contributed by atoms with Crippen molar-refractivity contribution in [1.29, 1.82) is 21.0 Å². The quantitative estimate of drug-likeness (QED) is 0.0695. The lowest BCUT2D eigenvalue weighted by molar-refractivity contribution is -0.159. The topological polar surface area (TPSA) is 186 Å². The molecule has 6 fully saturated rings. The van der Waals surface area contributed by atoms with Crippen LogP contribution in [0.2, 0.25) is 0 Å². The third kappa shape index (κ3) is 13.6. The van der Waals surface area contributed by atoms with Gasteiger partial charge in [-0.1, -0.05) is 108 Å². The molecule has 15 heteroatoms. The Bertz CT molecular complexity index is 2860. The molecule has 8 aliphatic rings. The number of thioether (sulfide) groups is 4. The van der Waals surface area contributed by atoms with Gasteiger partial charge in [-0.15, -0.1) is 0 Å². The van der Waals surface area contributed by atoms with Crippen molar-refractivity contribution in [2.75, 3.05) is 6.61 Å². The predicted molar refractivity (Wildman–Crippen MR) is 315 cm³/mol. The van der Waals surface area contributed by atoms with Crippen LogP contribution in [0.25, 0.3) is 0 Å². The fourth-order valence-corrected chi connectivity index (χ4v) is 20.1. The van der Waals surface area contributed by atoms with Gasteiger partial charge in [0.1, 0.15) is 41.5 Å². The van der Waals surface area contributed by atoms with Gasteiger partial charge in [0.05, 0.1) is 46.0 Å². The first kappa shape index (κ1) is 58.0. The van der Waals surface area contributed by atoms with Crippen molar-refractivity contribution in [3.8, 4) is 35.8 Å². The summed E-state index contributed by atoms with van der Waals surface area (Å²) in [5, 5.41) is 51.9. The number of hydrogen-bond donors (Lipinski definition) is 1. The number of ether oxygens (including phenoxy) is 4. The Hall–Kier alpha value is -4.84. The van der Waals surface area contributed by atoms with Gasteiger partial charge in [0, 0.05) is 12.5 Å². The fourth-order valence-electron chi connectivity index (χ4n) is 14.9. The van der Waals surface area contributed by atoms with E-state index in [0.29, 0.717) is 90.3 Å². The van der Waals surface area contributed by atoms with E-state index in [1.54, 1.807) is 0 Å². The first-order valence-corrected chi connectivity index (χ1v) is 33.5. The number of aliphatic hydroxyl groups is 1. The minimum atomic E-state index is -1.28. The smallest absolute Gasteiger partial charge is 0.314 e. The largest absolute Gasteiger partial charge is 0.462 e. The molecule has 3 aromatic rings. The molecule has 0 aromatic heterocycles. The van der Waals surface area contributed by atoms with Gasteiger partial charge in [0.15, 0.2) is 17.8 Å². The molecule has 424 valence electrons. The zero-order chi connectivity index (χ0) is 55.8. The van der Waals surface area contributed by atoms with Gasteiger partial charge in [0.25, 0.3) is 0 Å². The number of allylic oxidation sites excluding steroid dienone is 2. The number of esters is 2. The Labute approximate surface area is 495 Å². The normalized spacial score (nSPS) is 30.4. The first-order valence-electron chi connectivity index (χ1n) is 30.2. The number of hydrogen-bond acceptors (Lipinski definition) is 15. The lowest BCUT2D eigenvalue weighted by Gasteiger charge is -2.38. The van der Waals surface area contributed by atoms with E-state index in [2.05, 4.69) is 60.7 Å². The predicted octanol–water partition coefficient (Wildman–Crippen LogP) is 16.4. The van der Waals surface area contributed by atoms with Crippen LogP contribution in [0.4, 0.5) is 0 Å². The van der Waals surface area contributed by atoms with E-state index in [-0.39, 0.29) is 58.6 Å². The molecule has 6 aliphatic carbocycles. The molecule has 6 saturated carbocycles. The molecule has 2 heterocycles. The van der Waals surface area contributed by atoms with Gasteiger partial charge in [0.2, 0.25) is 0 Å². The van der Waals surface area contributed by atoms with Crippen LogP contribution in [0, 0.1) is 92.7 Å². The van der Waals surface area contributed by atoms with E-state index in [9.17, 15) is 35.7 Å². The highest BCUT2D eigenvalue weighted by atomic mass is 32.2. The number of carbonyl (C=O) groups excluding carboxylic acids is 2. The van der Waals surface area contributed by atoms with E-state index in [1.807, 2.05) is 24.3 Å². The standard InChI is InChI=1S/C66H74N4O7S4/c67-35-52(36-68)65-78-58-56(76-63(72)50-27-31-54(32-28-50)74-39-40-11-13-43(14-12-40)46-19-15-44(16-20-46)41-7-3-1-4-8-41)59-61(81-66(79-59)53(37-69)38-70)57(60(58)80-65)77-64(73)51-29-33-55(34-30-51)75-62(71)49-25-23-48(24-26-49)47-21-17-45(18-22-47)42-9-5-2-6-10-42/h1-10,40,43-51,54-55,64,73H,11-34,39H2. The maximum Gasteiger partial charge on any atom is 0.314 e. The summed E-state index contributed by atoms with van der Waals surface area (Å²) in [5.74, 6) is 4.31. The van der Waals surface area contributed by atoms with Crippen LogP contribution in [-0.2, 0) is 19.1 Å². The van der Waals surface area contributed by atoms with E-state index in [4.69, 9.17) is 18.9 Å². The molecule has 0 spiro atoms. The molecular weight excluding hydrogens is 1090 g/mol. The molecule has 0 saturated heterocycles. The minimum absolute atomic E-state index is 0.0746. The number of nitrogens with zero attached hydrogens (tertiary/aromatic N) is 4. The SMILES string of the molecule is N#CC(C#N)=C1Sc2c(OC(=O)C3CCC(OCC4CCC(C5CCC(c6ccccc6)CC5)CC4)CC3)c3c(c(OC(O)C4CCC(OC(=O)C5CCC(C6CCC(c7ccccc7)CC6)CC5)CC4)c2S1)SC(=C(C#N)C#N)S3. The van der Waals surface area contributed by atoms with E-state index < -0.39 is 12.3 Å². The average molecular weight is 1160 g/mol. The van der Waals surface area contributed by atoms with E-state index in [0.717, 1.165) is 110 Å². The Balaban J connectivity index is 0.685. The number of fused-ring (bicyclic) bond motifs is 2. The van der Waals surface area contributed by atoms with Crippen molar-refractivity contribution in [2.24, 2.45) is 47.3 Å². The highest BCUT2D eigenvalue weighted by Gasteiger charge is 2.43. The highest BCUT2D eigenvalue weighted by Crippen LogP contribution is 2.69. The summed E-state index contributed by atoms with van der Waals surface area (Å²) >= 11 is 4.59. The molecular formula is C66H74N4O7S4. The van der Waals surface area contributed by atoms with Crippen LogP contribution < -0.4 is 9.47 Å². The minimum Gasteiger partial charge on any atom is -0.462 e. The summed E-state index contributed by atoms with van der Waals surface area (Å²) in [7, 11) is 0. The molecule has 1 N–H and O–H groups in total. The van der Waals surface area contributed by atoms with Gasteiger partial charge < -0.3 is 24.1 Å². The van der Waals surface area contributed by atoms with Gasteiger partial charge in [-0.2, -0.15) is 21.0 Å². The molecule has 11 rings (SSSR count). The second kappa shape index (κ2) is 27.3. The van der Waals surface area contributed by atoms with Crippen molar-refractivity contribution in [3.63, 3.8) is 0 Å². The van der Waals surface area contributed by atoms with Crippen LogP contribution in [0.3, 0.4) is 0 Å². The summed E-state index contributed by atoms with van der Waals surface area (Å²) in [6.07, 6.45) is 22.8. The van der Waals surface area contributed by atoms with Crippen LogP contribution in [0.5, 0.6) is 11.5 Å². The van der Waals surface area contributed by atoms with Crippen molar-refractivity contribution in [1.82, 2.24) is 0 Å². The third-order valence-corrected chi connectivity index (χ3v) is 24.9. The maximum absolute atomic E-state index is 14.3. The Morgan fingerprint density at radius 3 is 1.33 bits per heavy atom. The first-order chi connectivity index (χ1) is 39.7. The summed E-state index contributed by atoms with van der Waals surface area (Å²) in [6.45, 7) is 0.764. The maximum atomic E-state index is 14.3. The Morgan fingerprint density at radius 1 is 0.481 bits per heavy atom. The Kier molecular flexibility index (Phi) is 19.5. The molecule has 1 atom stereocenters. The molecule has 81 heavy (non-hydrogen) atoms. The van der Waals surface area contributed by atoms with Gasteiger partial charge in [-0.3, -0.25) is 9.59 Å². The van der Waals surface area contributed by atoms with Crippen molar-refractivity contribution < 1.29 is 33.6 Å². The van der Waals surface area contributed by atoms with Crippen LogP contribution in [-0.4, -0.2) is 42.1 Å². The lowest BCUT2D eigenvalue weighted by atomic mass is 9.68. The van der Waals surface area contributed by atoms with Crippen LogP contribution in [0.15, 0.2) is 99.9 Å². The van der Waals surface area contributed by atoms with Crippen molar-refractivity contribution in [2.45, 2.75) is 204 Å². The summed E-state index contributed by atoms with van der Waals surface area (Å²) in [6, 6.07) is 30.0. The number of rotatable bonds is 14. The van der Waals surface area contributed by atoms with E-state index >= 15 is 0 Å².